The Balaban J connectivity index is 1.66. The van der Waals surface area contributed by atoms with Crippen LogP contribution in [0.2, 0.25) is 0 Å². The number of carbonyl (C=O) groups excluding carboxylic acids is 1. The third-order valence-corrected chi connectivity index (χ3v) is 4.88. The number of carbonyl (C=O) groups is 1. The van der Waals surface area contributed by atoms with Gasteiger partial charge in [0.15, 0.2) is 5.96 Å². The fourth-order valence-corrected chi connectivity index (χ4v) is 3.26. The highest BCUT2D eigenvalue weighted by atomic mass is 16.1. The first-order chi connectivity index (χ1) is 13.0. The molecule has 0 aliphatic carbocycles. The summed E-state index contributed by atoms with van der Waals surface area (Å²) in [6.45, 7) is 10.4. The van der Waals surface area contributed by atoms with Crippen LogP contribution in [0, 0.1) is 12.8 Å². The molecule has 1 aromatic rings. The van der Waals surface area contributed by atoms with Crippen LogP contribution in [0.25, 0.3) is 0 Å². The summed E-state index contributed by atoms with van der Waals surface area (Å²) in [5.74, 6) is 0.916. The van der Waals surface area contributed by atoms with Crippen molar-refractivity contribution in [1.29, 1.82) is 0 Å². The van der Waals surface area contributed by atoms with Gasteiger partial charge in [-0.3, -0.25) is 14.7 Å². The summed E-state index contributed by atoms with van der Waals surface area (Å²) in [7, 11) is 1.79. The lowest BCUT2D eigenvalue weighted by Crippen LogP contribution is -2.49. The normalized spacial score (nSPS) is 16.4. The molecule has 0 unspecified atom stereocenters. The molecule has 6 heteroatoms. The summed E-state index contributed by atoms with van der Waals surface area (Å²) in [5.41, 5.74) is 2.71. The zero-order valence-electron chi connectivity index (χ0n) is 17.2. The number of piperidine rings is 1. The van der Waals surface area contributed by atoms with Gasteiger partial charge in [0.25, 0.3) is 0 Å². The van der Waals surface area contributed by atoms with Crippen molar-refractivity contribution in [1.82, 2.24) is 20.9 Å². The SMILES string of the molecule is CN=C(NCCNC(=O)C(C)C)NC1CCN(Cc2cccc(C)c2)CC1. The first-order valence-electron chi connectivity index (χ1n) is 10.0. The van der Waals surface area contributed by atoms with Gasteiger partial charge in [-0.25, -0.2) is 0 Å². The van der Waals surface area contributed by atoms with E-state index in [0.717, 1.165) is 38.4 Å². The van der Waals surface area contributed by atoms with E-state index in [-0.39, 0.29) is 11.8 Å². The van der Waals surface area contributed by atoms with Crippen molar-refractivity contribution < 1.29 is 4.79 Å². The fraction of sp³-hybridized carbons (Fsp3) is 0.619. The van der Waals surface area contributed by atoms with Gasteiger partial charge in [-0.15, -0.1) is 0 Å². The first-order valence-corrected chi connectivity index (χ1v) is 10.0. The smallest absolute Gasteiger partial charge is 0.222 e. The van der Waals surface area contributed by atoms with Gasteiger partial charge in [0.05, 0.1) is 0 Å². The predicted molar refractivity (Wildman–Crippen MR) is 112 cm³/mol. The van der Waals surface area contributed by atoms with Crippen LogP contribution in [0.1, 0.15) is 37.8 Å². The molecule has 0 saturated carbocycles. The number of amides is 1. The molecule has 0 radical (unpaired) electrons. The summed E-state index contributed by atoms with van der Waals surface area (Å²) in [6, 6.07) is 9.20. The number of nitrogens with one attached hydrogen (secondary N) is 3. The molecule has 6 nitrogen and oxygen atoms in total. The van der Waals surface area contributed by atoms with Crippen molar-refractivity contribution in [2.24, 2.45) is 10.9 Å². The molecule has 27 heavy (non-hydrogen) atoms. The van der Waals surface area contributed by atoms with Crippen LogP contribution in [-0.2, 0) is 11.3 Å². The Morgan fingerprint density at radius 3 is 2.56 bits per heavy atom. The highest BCUT2D eigenvalue weighted by molar-refractivity contribution is 5.80. The van der Waals surface area contributed by atoms with E-state index in [0.29, 0.717) is 19.1 Å². The lowest BCUT2D eigenvalue weighted by molar-refractivity contribution is -0.123. The summed E-state index contributed by atoms with van der Waals surface area (Å²) in [4.78, 5) is 18.4. The molecule has 1 saturated heterocycles. The zero-order chi connectivity index (χ0) is 19.6. The number of benzene rings is 1. The summed E-state index contributed by atoms with van der Waals surface area (Å²) in [5, 5.41) is 9.70. The molecule has 0 bridgehead atoms. The van der Waals surface area contributed by atoms with E-state index in [9.17, 15) is 4.79 Å². The molecule has 150 valence electrons. The first kappa shape index (κ1) is 21.2. The highest BCUT2D eigenvalue weighted by Gasteiger charge is 2.20. The number of rotatable bonds is 7. The van der Waals surface area contributed by atoms with Gasteiger partial charge in [-0.05, 0) is 25.3 Å². The molecule has 3 N–H and O–H groups in total. The molecule has 1 fully saturated rings. The van der Waals surface area contributed by atoms with Gasteiger partial charge in [0.1, 0.15) is 0 Å². The van der Waals surface area contributed by atoms with Crippen molar-refractivity contribution in [2.45, 2.75) is 46.2 Å². The summed E-state index contributed by atoms with van der Waals surface area (Å²) < 4.78 is 0. The van der Waals surface area contributed by atoms with E-state index < -0.39 is 0 Å². The van der Waals surface area contributed by atoms with Crippen LogP contribution >= 0.6 is 0 Å². The maximum Gasteiger partial charge on any atom is 0.222 e. The number of guanidine groups is 1. The second-order valence-corrected chi connectivity index (χ2v) is 7.63. The van der Waals surface area contributed by atoms with Crippen molar-refractivity contribution in [3.05, 3.63) is 35.4 Å². The number of nitrogens with zero attached hydrogens (tertiary/aromatic N) is 2. The zero-order valence-corrected chi connectivity index (χ0v) is 17.2. The van der Waals surface area contributed by atoms with Gasteiger partial charge in [-0.2, -0.15) is 0 Å². The Morgan fingerprint density at radius 1 is 1.22 bits per heavy atom. The summed E-state index contributed by atoms with van der Waals surface area (Å²) >= 11 is 0. The lowest BCUT2D eigenvalue weighted by Gasteiger charge is -2.33. The van der Waals surface area contributed by atoms with Crippen molar-refractivity contribution in [3.8, 4) is 0 Å². The van der Waals surface area contributed by atoms with Gasteiger partial charge in [0.2, 0.25) is 5.91 Å². The fourth-order valence-electron chi connectivity index (χ4n) is 3.26. The molecule has 1 amide bonds. The lowest BCUT2D eigenvalue weighted by atomic mass is 10.0. The Morgan fingerprint density at radius 2 is 1.93 bits per heavy atom. The van der Waals surface area contributed by atoms with Crippen LogP contribution in [0.4, 0.5) is 0 Å². The second-order valence-electron chi connectivity index (χ2n) is 7.63. The largest absolute Gasteiger partial charge is 0.355 e. The molecular formula is C21H35N5O. The monoisotopic (exact) mass is 373 g/mol. The Hall–Kier alpha value is -2.08. The third-order valence-electron chi connectivity index (χ3n) is 4.88. The van der Waals surface area contributed by atoms with Crippen LogP contribution in [-0.4, -0.2) is 56.0 Å². The quantitative estimate of drug-likeness (QED) is 0.388. The minimum absolute atomic E-state index is 0.0208. The van der Waals surface area contributed by atoms with E-state index in [4.69, 9.17) is 0 Å². The maximum absolute atomic E-state index is 11.6. The minimum atomic E-state index is 0.0208. The second kappa shape index (κ2) is 10.9. The van der Waals surface area contributed by atoms with E-state index in [2.05, 4.69) is 57.0 Å². The van der Waals surface area contributed by atoms with Gasteiger partial charge in [0, 0.05) is 51.7 Å². The van der Waals surface area contributed by atoms with Crippen molar-refractivity contribution >= 4 is 11.9 Å². The minimum Gasteiger partial charge on any atom is -0.355 e. The van der Waals surface area contributed by atoms with Crippen LogP contribution in [0.15, 0.2) is 29.3 Å². The number of hydrogen-bond acceptors (Lipinski definition) is 3. The van der Waals surface area contributed by atoms with E-state index in [1.54, 1.807) is 7.05 Å². The van der Waals surface area contributed by atoms with Crippen LogP contribution < -0.4 is 16.0 Å². The highest BCUT2D eigenvalue weighted by Crippen LogP contribution is 2.14. The van der Waals surface area contributed by atoms with Crippen LogP contribution in [0.3, 0.4) is 0 Å². The molecule has 1 aliphatic heterocycles. The van der Waals surface area contributed by atoms with E-state index >= 15 is 0 Å². The Kier molecular flexibility index (Phi) is 8.58. The maximum atomic E-state index is 11.6. The van der Waals surface area contributed by atoms with E-state index in [1.807, 2.05) is 13.8 Å². The number of likely N-dealkylation sites (tertiary alicyclic amines) is 1. The topological polar surface area (TPSA) is 68.8 Å². The number of hydrogen-bond donors (Lipinski definition) is 3. The molecule has 0 aromatic heterocycles. The van der Waals surface area contributed by atoms with Crippen LogP contribution in [0.5, 0.6) is 0 Å². The Labute approximate surface area is 163 Å². The molecule has 0 spiro atoms. The third kappa shape index (κ3) is 7.59. The van der Waals surface area contributed by atoms with Crippen molar-refractivity contribution in [2.75, 3.05) is 33.2 Å². The molecule has 2 rings (SSSR count). The molecule has 1 aliphatic rings. The molecule has 1 heterocycles. The number of aliphatic imine (C=N–C) groups is 1. The number of aryl methyl sites for hydroxylation is 1. The molecule has 0 atom stereocenters. The average molecular weight is 374 g/mol. The van der Waals surface area contributed by atoms with Crippen molar-refractivity contribution in [3.63, 3.8) is 0 Å². The average Bonchev–Trinajstić information content (AvgIpc) is 2.65. The summed E-state index contributed by atoms with van der Waals surface area (Å²) in [6.07, 6.45) is 2.22. The molecular weight excluding hydrogens is 338 g/mol. The van der Waals surface area contributed by atoms with Gasteiger partial charge in [-0.1, -0.05) is 43.7 Å². The Bertz CT molecular complexity index is 621. The van der Waals surface area contributed by atoms with Gasteiger partial charge >= 0.3 is 0 Å². The van der Waals surface area contributed by atoms with E-state index in [1.165, 1.54) is 11.1 Å². The predicted octanol–water partition coefficient (Wildman–Crippen LogP) is 1.90. The standard InChI is InChI=1S/C21H35N5O/c1-16(2)20(27)23-10-11-24-21(22-4)25-19-8-12-26(13-9-19)15-18-7-5-6-17(3)14-18/h5-7,14,16,19H,8-13,15H2,1-4H3,(H,23,27)(H2,22,24,25). The van der Waals surface area contributed by atoms with Gasteiger partial charge < -0.3 is 16.0 Å². The molecule has 1 aromatic carbocycles.